The Morgan fingerprint density at radius 2 is 1.84 bits per heavy atom. The fraction of sp³-hybridized carbons (Fsp3) is 0.639. The molecular formula is C36H56O6Si. The van der Waals surface area contributed by atoms with Crippen molar-refractivity contribution in [2.75, 3.05) is 6.61 Å². The Balaban J connectivity index is 1.89. The van der Waals surface area contributed by atoms with Gasteiger partial charge in [-0.3, -0.25) is 0 Å². The number of carbonyl (C=O) groups is 1. The average Bonchev–Trinajstić information content (AvgIpc) is 2.89. The van der Waals surface area contributed by atoms with E-state index in [2.05, 4.69) is 78.6 Å². The van der Waals surface area contributed by atoms with Crippen molar-refractivity contribution >= 4 is 14.3 Å². The zero-order valence-corrected chi connectivity index (χ0v) is 28.6. The van der Waals surface area contributed by atoms with E-state index in [1.807, 2.05) is 18.2 Å². The molecule has 7 unspecified atom stereocenters. The zero-order chi connectivity index (χ0) is 31.6. The Morgan fingerprint density at radius 1 is 1.09 bits per heavy atom. The number of esters is 1. The summed E-state index contributed by atoms with van der Waals surface area (Å²) in [6.07, 6.45) is 20.8. The molecule has 0 aromatic carbocycles. The lowest BCUT2D eigenvalue weighted by molar-refractivity contribution is -0.146. The molecule has 0 saturated carbocycles. The molecule has 43 heavy (non-hydrogen) atoms. The number of ether oxygens (including phenoxy) is 3. The molecule has 1 N–H and O–H groups in total. The first-order chi connectivity index (χ1) is 20.2. The average molecular weight is 613 g/mol. The summed E-state index contributed by atoms with van der Waals surface area (Å²) in [7, 11) is -2.25. The molecule has 0 amide bonds. The summed E-state index contributed by atoms with van der Waals surface area (Å²) in [5, 5.41) is 10.8. The van der Waals surface area contributed by atoms with Gasteiger partial charge in [-0.15, -0.1) is 0 Å². The van der Waals surface area contributed by atoms with Crippen LogP contribution in [-0.4, -0.2) is 62.6 Å². The molecule has 3 rings (SSSR count). The summed E-state index contributed by atoms with van der Waals surface area (Å²) < 4.78 is 25.3. The third kappa shape index (κ3) is 12.1. The van der Waals surface area contributed by atoms with Gasteiger partial charge in [-0.25, -0.2) is 4.79 Å². The largest absolute Gasteiger partial charge is 0.456 e. The molecule has 0 saturated heterocycles. The van der Waals surface area contributed by atoms with E-state index in [4.69, 9.17) is 18.6 Å². The molecule has 0 aliphatic carbocycles. The van der Waals surface area contributed by atoms with Gasteiger partial charge in [0.1, 0.15) is 12.2 Å². The van der Waals surface area contributed by atoms with Crippen LogP contribution in [0.5, 0.6) is 0 Å². The monoisotopic (exact) mass is 612 g/mol. The summed E-state index contributed by atoms with van der Waals surface area (Å²) in [6, 6.07) is 0. The molecule has 3 aliphatic rings. The highest BCUT2D eigenvalue weighted by atomic mass is 28.4. The molecule has 0 radical (unpaired) electrons. The van der Waals surface area contributed by atoms with Gasteiger partial charge in [-0.2, -0.15) is 0 Å². The van der Waals surface area contributed by atoms with Crippen molar-refractivity contribution in [2.24, 2.45) is 5.92 Å². The summed E-state index contributed by atoms with van der Waals surface area (Å²) in [5.74, 6) is -0.00889. The predicted octanol–water partition coefficient (Wildman–Crippen LogP) is 7.92. The second-order valence-electron chi connectivity index (χ2n) is 14.2. The van der Waals surface area contributed by atoms with Gasteiger partial charge >= 0.3 is 5.97 Å². The lowest BCUT2D eigenvalue weighted by Gasteiger charge is -2.40. The van der Waals surface area contributed by atoms with E-state index < -0.39 is 32.6 Å². The minimum atomic E-state index is -2.25. The van der Waals surface area contributed by atoms with Crippen LogP contribution >= 0.6 is 0 Å². The summed E-state index contributed by atoms with van der Waals surface area (Å²) >= 11 is 0. The second-order valence-corrected chi connectivity index (χ2v) is 18.9. The number of hydrogen-bond donors (Lipinski definition) is 1. The van der Waals surface area contributed by atoms with E-state index in [0.29, 0.717) is 31.8 Å². The van der Waals surface area contributed by atoms with Crippen molar-refractivity contribution in [1.82, 2.24) is 0 Å². The minimum Gasteiger partial charge on any atom is -0.456 e. The molecule has 240 valence electrons. The smallest absolute Gasteiger partial charge is 0.330 e. The molecule has 3 heterocycles. The predicted molar refractivity (Wildman–Crippen MR) is 177 cm³/mol. The molecule has 3 aliphatic heterocycles. The fourth-order valence-corrected chi connectivity index (χ4v) is 6.75. The highest BCUT2D eigenvalue weighted by Crippen LogP contribution is 2.38. The first kappa shape index (κ1) is 35.4. The maximum atomic E-state index is 13.2. The van der Waals surface area contributed by atoms with Crippen molar-refractivity contribution in [3.8, 4) is 0 Å². The lowest BCUT2D eigenvalue weighted by atomic mass is 9.91. The number of carbonyl (C=O) groups excluding carboxylic acids is 1. The van der Waals surface area contributed by atoms with Gasteiger partial charge in [0.25, 0.3) is 0 Å². The highest BCUT2D eigenvalue weighted by molar-refractivity contribution is 6.74. The molecule has 7 atom stereocenters. The van der Waals surface area contributed by atoms with E-state index in [1.54, 1.807) is 6.08 Å². The van der Waals surface area contributed by atoms with Crippen LogP contribution in [0.1, 0.15) is 79.6 Å². The van der Waals surface area contributed by atoms with Gasteiger partial charge < -0.3 is 23.7 Å². The van der Waals surface area contributed by atoms with Crippen LogP contribution in [0.3, 0.4) is 0 Å². The van der Waals surface area contributed by atoms with Crippen molar-refractivity contribution in [1.29, 1.82) is 0 Å². The number of cyclic esters (lactones) is 1. The third-order valence-corrected chi connectivity index (χ3v) is 13.4. The van der Waals surface area contributed by atoms with E-state index in [0.717, 1.165) is 31.3 Å². The first-order valence-electron chi connectivity index (χ1n) is 16.1. The van der Waals surface area contributed by atoms with Gasteiger partial charge in [0.2, 0.25) is 0 Å². The Labute approximate surface area is 261 Å². The maximum Gasteiger partial charge on any atom is 0.330 e. The van der Waals surface area contributed by atoms with Crippen LogP contribution in [0, 0.1) is 5.92 Å². The first-order valence-corrected chi connectivity index (χ1v) is 19.0. The Kier molecular flexibility index (Phi) is 13.5. The van der Waals surface area contributed by atoms with Crippen molar-refractivity contribution in [2.45, 2.75) is 134 Å². The quantitative estimate of drug-likeness (QED) is 0.193. The van der Waals surface area contributed by atoms with Crippen LogP contribution in [0.15, 0.2) is 72.4 Å². The zero-order valence-electron chi connectivity index (χ0n) is 27.6. The molecular weight excluding hydrogens is 556 g/mol. The number of aliphatic hydroxyl groups excluding tert-OH is 1. The van der Waals surface area contributed by atoms with Gasteiger partial charge in [0.15, 0.2) is 8.32 Å². The fourth-order valence-electron chi connectivity index (χ4n) is 5.48. The number of aliphatic hydroxyl groups is 1. The number of rotatable bonds is 5. The van der Waals surface area contributed by atoms with Gasteiger partial charge in [-0.1, -0.05) is 94.0 Å². The number of fused-ring (bicyclic) bond motifs is 2. The summed E-state index contributed by atoms with van der Waals surface area (Å²) in [5.41, 5.74) is 2.32. The van der Waals surface area contributed by atoms with Crippen LogP contribution in [0.4, 0.5) is 0 Å². The Bertz CT molecular complexity index is 1080. The molecule has 0 fully saturated rings. The molecule has 7 heteroatoms. The van der Waals surface area contributed by atoms with Crippen LogP contribution in [0.2, 0.25) is 18.1 Å². The van der Waals surface area contributed by atoms with Crippen molar-refractivity contribution < 1.29 is 28.5 Å². The second kappa shape index (κ2) is 16.3. The summed E-state index contributed by atoms with van der Waals surface area (Å²) in [6.45, 7) is 20.2. The normalized spacial score (nSPS) is 32.8. The maximum absolute atomic E-state index is 13.2. The SMILES string of the molecule is C=C1CC(O)/C=C/CC(C(C=CC2CC(C)=CCO2)O[Si](C)(C)C(C)(C)C)OC(=O)/C=C/CC2C=CCC(CC(C)C1)O2. The number of hydrogen-bond acceptors (Lipinski definition) is 6. The van der Waals surface area contributed by atoms with Crippen molar-refractivity contribution in [3.63, 3.8) is 0 Å². The molecule has 0 spiro atoms. The van der Waals surface area contributed by atoms with E-state index >= 15 is 0 Å². The van der Waals surface area contributed by atoms with E-state index in [-0.39, 0.29) is 23.4 Å². The van der Waals surface area contributed by atoms with Gasteiger partial charge in [0.05, 0.1) is 31.0 Å². The molecule has 2 bridgehead atoms. The Hall–Kier alpha value is -2.03. The van der Waals surface area contributed by atoms with E-state index in [1.165, 1.54) is 11.6 Å². The highest BCUT2D eigenvalue weighted by Gasteiger charge is 2.41. The van der Waals surface area contributed by atoms with E-state index in [9.17, 15) is 9.90 Å². The molecule has 6 nitrogen and oxygen atoms in total. The van der Waals surface area contributed by atoms with Crippen LogP contribution in [0.25, 0.3) is 0 Å². The van der Waals surface area contributed by atoms with Gasteiger partial charge in [-0.05, 0) is 69.5 Å². The van der Waals surface area contributed by atoms with Crippen LogP contribution in [-0.2, 0) is 23.4 Å². The van der Waals surface area contributed by atoms with Crippen molar-refractivity contribution in [3.05, 3.63) is 72.4 Å². The Morgan fingerprint density at radius 3 is 2.56 bits per heavy atom. The van der Waals surface area contributed by atoms with Gasteiger partial charge in [0, 0.05) is 12.5 Å². The molecule has 0 aromatic heterocycles. The summed E-state index contributed by atoms with van der Waals surface area (Å²) in [4.78, 5) is 13.2. The minimum absolute atomic E-state index is 0.0336. The third-order valence-electron chi connectivity index (χ3n) is 8.92. The standard InChI is InChI=1S/C36H56O6Si/c1-26-20-21-39-31(24-26)18-19-34(42-43(7,8)36(4,5)6)33-16-9-12-29(37)23-27(2)22-28(3)25-32-15-10-13-30(40-32)14-11-17-35(38)41-33/h9-13,17-20,28-34,37H,2,14-16,21-25H2,1,3-8H3/b12-9+,17-11+,19-18?. The molecule has 0 aromatic rings. The topological polar surface area (TPSA) is 74.2 Å². The van der Waals surface area contributed by atoms with Crippen LogP contribution < -0.4 is 0 Å². The lowest BCUT2D eigenvalue weighted by Crippen LogP contribution is -2.47.